The molecular weight excluding hydrogens is 348 g/mol. The predicted molar refractivity (Wildman–Crippen MR) is 104 cm³/mol. The molecule has 6 aliphatic carbocycles. The molecule has 7 rings (SSSR count). The first-order chi connectivity index (χ1) is 13.3. The normalized spacial score (nSPS) is 57.2. The lowest BCUT2D eigenvalue weighted by Gasteiger charge is -2.62. The average molecular weight is 381 g/mol. The van der Waals surface area contributed by atoms with E-state index >= 15 is 0 Å². The first kappa shape index (κ1) is 16.7. The molecule has 28 heavy (non-hydrogen) atoms. The summed E-state index contributed by atoms with van der Waals surface area (Å²) in [5.74, 6) is 4.09. The van der Waals surface area contributed by atoms with Gasteiger partial charge in [-0.05, 0) is 91.9 Å². The monoisotopic (exact) mass is 380 g/mol. The first-order valence-electron chi connectivity index (χ1n) is 11.8. The summed E-state index contributed by atoms with van der Waals surface area (Å²) in [6.07, 6.45) is 13.2. The Labute approximate surface area is 167 Å². The maximum atomic E-state index is 12.3. The lowest BCUT2D eigenvalue weighted by molar-refractivity contribution is -0.178. The zero-order valence-corrected chi connectivity index (χ0v) is 17.3. The van der Waals surface area contributed by atoms with Crippen LogP contribution in [0.5, 0.6) is 0 Å². The second-order valence-corrected chi connectivity index (χ2v) is 12.0. The topological polar surface area (TPSA) is 43.4 Å². The van der Waals surface area contributed by atoms with Gasteiger partial charge in [0.2, 0.25) is 0 Å². The highest BCUT2D eigenvalue weighted by molar-refractivity contribution is 5.92. The van der Waals surface area contributed by atoms with Gasteiger partial charge in [-0.15, -0.1) is 0 Å². The summed E-state index contributed by atoms with van der Waals surface area (Å²) < 4.78 is 6.23. The summed E-state index contributed by atoms with van der Waals surface area (Å²) in [6, 6.07) is 0. The van der Waals surface area contributed by atoms with E-state index < -0.39 is 0 Å². The van der Waals surface area contributed by atoms with Crippen molar-refractivity contribution in [1.82, 2.24) is 0 Å². The van der Waals surface area contributed by atoms with Crippen molar-refractivity contribution >= 4 is 11.8 Å². The molecule has 0 aromatic heterocycles. The third-order valence-electron chi connectivity index (χ3n) is 11.2. The quantitative estimate of drug-likeness (QED) is 0.565. The fourth-order valence-corrected chi connectivity index (χ4v) is 9.98. The minimum Gasteiger partial charge on any atom is -0.458 e. The van der Waals surface area contributed by atoms with Crippen molar-refractivity contribution in [3.63, 3.8) is 0 Å². The van der Waals surface area contributed by atoms with Crippen molar-refractivity contribution in [3.05, 3.63) is 11.6 Å². The summed E-state index contributed by atoms with van der Waals surface area (Å²) in [4.78, 5) is 24.5. The highest BCUT2D eigenvalue weighted by Gasteiger charge is 2.80. The molecule has 1 heterocycles. The lowest BCUT2D eigenvalue weighted by Crippen LogP contribution is -2.58. The first-order valence-corrected chi connectivity index (χ1v) is 11.8. The van der Waals surface area contributed by atoms with Crippen molar-refractivity contribution in [2.75, 3.05) is 0 Å². The molecule has 5 saturated carbocycles. The second-order valence-electron chi connectivity index (χ2n) is 12.0. The number of ketones is 1. The Morgan fingerprint density at radius 2 is 1.79 bits per heavy atom. The molecule has 1 saturated heterocycles. The molecule has 0 radical (unpaired) electrons. The van der Waals surface area contributed by atoms with Crippen LogP contribution in [0.4, 0.5) is 0 Å². The van der Waals surface area contributed by atoms with Gasteiger partial charge < -0.3 is 4.74 Å². The van der Waals surface area contributed by atoms with E-state index in [1.165, 1.54) is 38.5 Å². The van der Waals surface area contributed by atoms with E-state index in [0.717, 1.165) is 42.9 Å². The number of ether oxygens (including phenoxy) is 1. The Balaban J connectivity index is 1.34. The van der Waals surface area contributed by atoms with E-state index in [-0.39, 0.29) is 22.4 Å². The van der Waals surface area contributed by atoms with Crippen LogP contribution in [0.3, 0.4) is 0 Å². The van der Waals surface area contributed by atoms with Crippen molar-refractivity contribution in [1.29, 1.82) is 0 Å². The van der Waals surface area contributed by atoms with Gasteiger partial charge in [-0.1, -0.05) is 19.4 Å². The van der Waals surface area contributed by atoms with Crippen LogP contribution in [0.1, 0.15) is 78.1 Å². The smallest absolute Gasteiger partial charge is 0.306 e. The van der Waals surface area contributed by atoms with Gasteiger partial charge in [-0.3, -0.25) is 9.59 Å². The summed E-state index contributed by atoms with van der Waals surface area (Å²) in [7, 11) is 0. The SMILES string of the molecule is C[C@]12CCC(=O)C=C1C1(CC1)CC1C2CC[C@@]2(C)C1C1CC1[C@@]21CCC(=O)O1. The molecule has 150 valence electrons. The zero-order valence-electron chi connectivity index (χ0n) is 17.3. The van der Waals surface area contributed by atoms with Gasteiger partial charge in [-0.2, -0.15) is 0 Å². The molecule has 3 heteroatoms. The minimum atomic E-state index is -0.138. The molecule has 0 bridgehead atoms. The number of hydrogen-bond donors (Lipinski definition) is 0. The Kier molecular flexibility index (Phi) is 2.75. The van der Waals surface area contributed by atoms with Crippen LogP contribution in [0.15, 0.2) is 11.6 Å². The van der Waals surface area contributed by atoms with E-state index in [2.05, 4.69) is 19.9 Å². The third kappa shape index (κ3) is 1.64. The van der Waals surface area contributed by atoms with E-state index in [1.54, 1.807) is 5.57 Å². The summed E-state index contributed by atoms with van der Waals surface area (Å²) in [6.45, 7) is 5.01. The van der Waals surface area contributed by atoms with Crippen LogP contribution in [-0.2, 0) is 14.3 Å². The van der Waals surface area contributed by atoms with Crippen molar-refractivity contribution in [2.45, 2.75) is 83.7 Å². The maximum absolute atomic E-state index is 12.3. The van der Waals surface area contributed by atoms with Crippen LogP contribution in [0.2, 0.25) is 0 Å². The number of esters is 1. The zero-order chi connectivity index (χ0) is 19.1. The fourth-order valence-electron chi connectivity index (χ4n) is 9.98. The van der Waals surface area contributed by atoms with Crippen LogP contribution >= 0.6 is 0 Å². The number of carbonyl (C=O) groups is 2. The molecule has 7 aliphatic rings. The Bertz CT molecular complexity index is 852. The van der Waals surface area contributed by atoms with Crippen molar-refractivity contribution in [2.24, 2.45) is 45.8 Å². The maximum Gasteiger partial charge on any atom is 0.306 e. The summed E-state index contributed by atoms with van der Waals surface area (Å²) in [5, 5.41) is 0. The van der Waals surface area contributed by atoms with Gasteiger partial charge in [0.05, 0.1) is 0 Å². The molecule has 1 aliphatic heterocycles. The molecule has 6 fully saturated rings. The molecule has 0 amide bonds. The average Bonchev–Trinajstić information content (AvgIpc) is 3.55. The standard InChI is InChI=1S/C25H32O3/c1-22-6-3-14(26)11-19(22)24(9-10-24)13-16-17(22)4-7-23(2)21(16)15-12-18(15)25(23)8-5-20(27)28-25/h11,15-18,21H,3-10,12-13H2,1-2H3/t15?,16?,17?,18?,21?,22-,23+,25+/m1/s1. The van der Waals surface area contributed by atoms with Crippen LogP contribution in [-0.4, -0.2) is 17.4 Å². The van der Waals surface area contributed by atoms with Gasteiger partial charge >= 0.3 is 5.97 Å². The third-order valence-corrected chi connectivity index (χ3v) is 11.2. The lowest BCUT2D eigenvalue weighted by atomic mass is 9.43. The van der Waals surface area contributed by atoms with Crippen molar-refractivity contribution < 1.29 is 14.3 Å². The van der Waals surface area contributed by atoms with E-state index in [4.69, 9.17) is 4.74 Å². The van der Waals surface area contributed by atoms with Crippen LogP contribution < -0.4 is 0 Å². The van der Waals surface area contributed by atoms with Gasteiger partial charge in [0.15, 0.2) is 5.78 Å². The highest BCUT2D eigenvalue weighted by atomic mass is 16.6. The highest BCUT2D eigenvalue weighted by Crippen LogP contribution is 2.81. The van der Waals surface area contributed by atoms with Gasteiger partial charge in [0.1, 0.15) is 5.60 Å². The van der Waals surface area contributed by atoms with Crippen LogP contribution in [0.25, 0.3) is 0 Å². The molecular formula is C25H32O3. The molecule has 0 N–H and O–H groups in total. The van der Waals surface area contributed by atoms with Gasteiger partial charge in [0.25, 0.3) is 0 Å². The minimum absolute atomic E-state index is 0.0555. The molecule has 8 atom stereocenters. The van der Waals surface area contributed by atoms with E-state index in [0.29, 0.717) is 23.5 Å². The number of rotatable bonds is 0. The second kappa shape index (κ2) is 4.62. The Morgan fingerprint density at radius 3 is 2.50 bits per heavy atom. The molecule has 5 unspecified atom stereocenters. The predicted octanol–water partition coefficient (Wildman–Crippen LogP) is 4.84. The number of allylic oxidation sites excluding steroid dienone is 1. The van der Waals surface area contributed by atoms with Crippen LogP contribution in [0, 0.1) is 45.8 Å². The molecule has 0 aromatic rings. The van der Waals surface area contributed by atoms with E-state index in [9.17, 15) is 9.59 Å². The molecule has 0 aromatic carbocycles. The number of carbonyl (C=O) groups excluding carboxylic acids is 2. The molecule has 3 nitrogen and oxygen atoms in total. The summed E-state index contributed by atoms with van der Waals surface area (Å²) in [5.41, 5.74) is 2.18. The van der Waals surface area contributed by atoms with Crippen molar-refractivity contribution in [3.8, 4) is 0 Å². The fraction of sp³-hybridized carbons (Fsp3) is 0.840. The Morgan fingerprint density at radius 1 is 0.964 bits per heavy atom. The largest absolute Gasteiger partial charge is 0.458 e. The number of hydrogen-bond acceptors (Lipinski definition) is 3. The molecule has 2 spiro atoms. The summed E-state index contributed by atoms with van der Waals surface area (Å²) >= 11 is 0. The number of fused-ring (bicyclic) bond motifs is 10. The van der Waals surface area contributed by atoms with Gasteiger partial charge in [0, 0.05) is 24.2 Å². The van der Waals surface area contributed by atoms with E-state index in [1.807, 2.05) is 0 Å². The Hall–Kier alpha value is -1.12. The van der Waals surface area contributed by atoms with Gasteiger partial charge in [-0.25, -0.2) is 0 Å².